The Morgan fingerprint density at radius 3 is 2.33 bits per heavy atom. The van der Waals surface area contributed by atoms with E-state index >= 15 is 0 Å². The SMILES string of the molecule is O=[N+]([O-])c1ccc(O)cc1.c1c[nH]cn1. The monoisotopic (exact) mass is 207 g/mol. The molecular formula is C9H9N3O3. The lowest BCUT2D eigenvalue weighted by atomic mass is 10.3. The molecule has 15 heavy (non-hydrogen) atoms. The highest BCUT2D eigenvalue weighted by molar-refractivity contribution is 5.34. The fourth-order valence-corrected chi connectivity index (χ4v) is 0.790. The fourth-order valence-electron chi connectivity index (χ4n) is 0.790. The van der Waals surface area contributed by atoms with Crippen LogP contribution in [0.3, 0.4) is 0 Å². The summed E-state index contributed by atoms with van der Waals surface area (Å²) in [6, 6.07) is 5.04. The number of benzene rings is 1. The van der Waals surface area contributed by atoms with Gasteiger partial charge in [0.15, 0.2) is 0 Å². The van der Waals surface area contributed by atoms with E-state index in [9.17, 15) is 10.1 Å². The van der Waals surface area contributed by atoms with Crippen LogP contribution in [0.15, 0.2) is 43.0 Å². The maximum atomic E-state index is 10.0. The number of rotatable bonds is 1. The molecule has 1 heterocycles. The van der Waals surface area contributed by atoms with Crippen LogP contribution in [0.2, 0.25) is 0 Å². The van der Waals surface area contributed by atoms with Crippen LogP contribution in [0.4, 0.5) is 5.69 Å². The van der Waals surface area contributed by atoms with E-state index in [1.807, 2.05) is 0 Å². The van der Waals surface area contributed by atoms with E-state index in [2.05, 4.69) is 9.97 Å². The lowest BCUT2D eigenvalue weighted by Crippen LogP contribution is -1.85. The first-order chi connectivity index (χ1) is 7.20. The molecule has 6 heteroatoms. The van der Waals surface area contributed by atoms with Crippen LogP contribution in [0.5, 0.6) is 5.75 Å². The summed E-state index contributed by atoms with van der Waals surface area (Å²) in [6.45, 7) is 0. The van der Waals surface area contributed by atoms with Gasteiger partial charge in [-0.2, -0.15) is 0 Å². The molecule has 0 bridgehead atoms. The van der Waals surface area contributed by atoms with E-state index in [-0.39, 0.29) is 11.4 Å². The maximum absolute atomic E-state index is 10.0. The van der Waals surface area contributed by atoms with Crippen LogP contribution in [-0.2, 0) is 0 Å². The van der Waals surface area contributed by atoms with Gasteiger partial charge in [-0.3, -0.25) is 10.1 Å². The minimum atomic E-state index is -0.514. The first-order valence-corrected chi connectivity index (χ1v) is 4.06. The molecule has 2 aromatic rings. The Morgan fingerprint density at radius 1 is 1.33 bits per heavy atom. The van der Waals surface area contributed by atoms with E-state index in [0.717, 1.165) is 0 Å². The van der Waals surface area contributed by atoms with Gasteiger partial charge in [0.25, 0.3) is 5.69 Å². The molecule has 0 aliphatic heterocycles. The zero-order valence-electron chi connectivity index (χ0n) is 7.70. The minimum absolute atomic E-state index is 0.0159. The number of aromatic amines is 1. The summed E-state index contributed by atoms with van der Waals surface area (Å²) in [6.07, 6.45) is 5.08. The van der Waals surface area contributed by atoms with Gasteiger partial charge >= 0.3 is 0 Å². The van der Waals surface area contributed by atoms with Crippen LogP contribution in [0.25, 0.3) is 0 Å². The van der Waals surface area contributed by atoms with Gasteiger partial charge in [0.05, 0.1) is 11.3 Å². The molecule has 0 saturated carbocycles. The van der Waals surface area contributed by atoms with Gasteiger partial charge in [-0.15, -0.1) is 0 Å². The van der Waals surface area contributed by atoms with Crippen molar-refractivity contribution in [3.63, 3.8) is 0 Å². The summed E-state index contributed by atoms with van der Waals surface area (Å²) in [4.78, 5) is 15.9. The van der Waals surface area contributed by atoms with Gasteiger partial charge in [-0.25, -0.2) is 4.98 Å². The molecule has 0 saturated heterocycles. The fraction of sp³-hybridized carbons (Fsp3) is 0. The average Bonchev–Trinajstić information content (AvgIpc) is 2.76. The summed E-state index contributed by atoms with van der Waals surface area (Å²) in [5, 5.41) is 18.8. The van der Waals surface area contributed by atoms with Crippen LogP contribution < -0.4 is 0 Å². The summed E-state index contributed by atoms with van der Waals surface area (Å²) >= 11 is 0. The third-order valence-electron chi connectivity index (χ3n) is 1.47. The Bertz CT molecular complexity index is 380. The normalized spacial score (nSPS) is 8.80. The summed E-state index contributed by atoms with van der Waals surface area (Å²) in [5.74, 6) is 0.0330. The van der Waals surface area contributed by atoms with Gasteiger partial charge < -0.3 is 10.1 Å². The molecule has 6 nitrogen and oxygen atoms in total. The Balaban J connectivity index is 0.000000187. The highest BCUT2D eigenvalue weighted by Crippen LogP contribution is 2.14. The van der Waals surface area contributed by atoms with Crippen LogP contribution in [0, 0.1) is 10.1 Å². The predicted molar refractivity (Wildman–Crippen MR) is 53.3 cm³/mol. The second-order valence-corrected chi connectivity index (χ2v) is 2.53. The second kappa shape index (κ2) is 5.38. The zero-order valence-corrected chi connectivity index (χ0v) is 7.70. The standard InChI is InChI=1S/C6H5NO3.C3H4N2/c8-6-3-1-5(2-4-6)7(9)10;1-2-5-3-4-1/h1-4,8H;1-3H,(H,4,5). The number of hydrogen-bond donors (Lipinski definition) is 2. The van der Waals surface area contributed by atoms with Crippen molar-refractivity contribution in [3.05, 3.63) is 53.1 Å². The number of nitro benzene ring substituents is 1. The number of nitrogens with one attached hydrogen (secondary N) is 1. The number of nitro groups is 1. The number of H-pyrrole nitrogens is 1. The van der Waals surface area contributed by atoms with E-state index in [0.29, 0.717) is 0 Å². The number of phenols is 1. The molecule has 0 fully saturated rings. The lowest BCUT2D eigenvalue weighted by molar-refractivity contribution is -0.384. The van der Waals surface area contributed by atoms with Crippen molar-refractivity contribution < 1.29 is 10.0 Å². The van der Waals surface area contributed by atoms with Gasteiger partial charge in [0.2, 0.25) is 0 Å². The average molecular weight is 207 g/mol. The van der Waals surface area contributed by atoms with Gasteiger partial charge in [-0.1, -0.05) is 0 Å². The van der Waals surface area contributed by atoms with Gasteiger partial charge in [0, 0.05) is 24.5 Å². The van der Waals surface area contributed by atoms with Crippen LogP contribution in [-0.4, -0.2) is 20.0 Å². The smallest absolute Gasteiger partial charge is 0.269 e. The van der Waals surface area contributed by atoms with Crippen LogP contribution >= 0.6 is 0 Å². The summed E-state index contributed by atoms with van der Waals surface area (Å²) in [5.41, 5.74) is -0.0159. The van der Waals surface area contributed by atoms with Crippen molar-refractivity contribution in [3.8, 4) is 5.75 Å². The van der Waals surface area contributed by atoms with Crippen molar-refractivity contribution in [2.45, 2.75) is 0 Å². The van der Waals surface area contributed by atoms with Crippen LogP contribution in [0.1, 0.15) is 0 Å². The van der Waals surface area contributed by atoms with Gasteiger partial charge in [0.1, 0.15) is 5.75 Å². The zero-order chi connectivity index (χ0) is 11.1. The Kier molecular flexibility index (Phi) is 3.84. The first kappa shape index (κ1) is 10.7. The lowest BCUT2D eigenvalue weighted by Gasteiger charge is -1.89. The second-order valence-electron chi connectivity index (χ2n) is 2.53. The molecular weight excluding hydrogens is 198 g/mol. The van der Waals surface area contributed by atoms with Crippen molar-refractivity contribution in [1.82, 2.24) is 9.97 Å². The summed E-state index contributed by atoms with van der Waals surface area (Å²) in [7, 11) is 0. The van der Waals surface area contributed by atoms with Crippen molar-refractivity contribution in [2.75, 3.05) is 0 Å². The molecule has 0 aliphatic rings. The van der Waals surface area contributed by atoms with E-state index in [1.54, 1.807) is 18.7 Å². The highest BCUT2D eigenvalue weighted by Gasteiger charge is 2.01. The first-order valence-electron chi connectivity index (χ1n) is 4.06. The maximum Gasteiger partial charge on any atom is 0.269 e. The highest BCUT2D eigenvalue weighted by atomic mass is 16.6. The van der Waals surface area contributed by atoms with E-state index in [4.69, 9.17) is 5.11 Å². The molecule has 0 amide bonds. The number of phenolic OH excluding ortho intramolecular Hbond substituents is 1. The third-order valence-corrected chi connectivity index (χ3v) is 1.47. The van der Waals surface area contributed by atoms with Crippen molar-refractivity contribution in [2.24, 2.45) is 0 Å². The molecule has 2 N–H and O–H groups in total. The third kappa shape index (κ3) is 3.90. The Labute approximate surface area is 85.4 Å². The molecule has 0 atom stereocenters. The number of nitrogens with zero attached hydrogens (tertiary/aromatic N) is 2. The molecule has 0 aliphatic carbocycles. The molecule has 0 radical (unpaired) electrons. The number of aromatic nitrogens is 2. The molecule has 1 aromatic carbocycles. The Morgan fingerprint density at radius 2 is 2.00 bits per heavy atom. The quantitative estimate of drug-likeness (QED) is 0.550. The minimum Gasteiger partial charge on any atom is -0.508 e. The predicted octanol–water partition coefficient (Wildman–Crippen LogP) is 1.71. The number of imidazole rings is 1. The molecule has 78 valence electrons. The molecule has 0 unspecified atom stereocenters. The van der Waals surface area contributed by atoms with Crippen molar-refractivity contribution >= 4 is 5.69 Å². The Hall–Kier alpha value is -2.37. The number of aromatic hydroxyl groups is 1. The number of hydrogen-bond acceptors (Lipinski definition) is 4. The van der Waals surface area contributed by atoms with E-state index in [1.165, 1.54) is 24.3 Å². The molecule has 2 rings (SSSR count). The van der Waals surface area contributed by atoms with E-state index < -0.39 is 4.92 Å². The summed E-state index contributed by atoms with van der Waals surface area (Å²) < 4.78 is 0. The topological polar surface area (TPSA) is 92.0 Å². The largest absolute Gasteiger partial charge is 0.508 e. The van der Waals surface area contributed by atoms with Crippen molar-refractivity contribution in [1.29, 1.82) is 0 Å². The number of non-ortho nitro benzene ring substituents is 1. The molecule has 1 aromatic heterocycles. The van der Waals surface area contributed by atoms with Gasteiger partial charge in [-0.05, 0) is 12.1 Å². The molecule has 0 spiro atoms.